The highest BCUT2D eigenvalue weighted by molar-refractivity contribution is 5.94. The molecule has 1 fully saturated rings. The van der Waals surface area contributed by atoms with Crippen molar-refractivity contribution >= 4 is 5.91 Å². The van der Waals surface area contributed by atoms with Crippen molar-refractivity contribution in [2.24, 2.45) is 5.92 Å². The van der Waals surface area contributed by atoms with Gasteiger partial charge in [0.15, 0.2) is 0 Å². The fraction of sp³-hybridized carbons (Fsp3) is 0.409. The Balaban J connectivity index is 1.58. The van der Waals surface area contributed by atoms with Gasteiger partial charge < -0.3 is 4.90 Å². The van der Waals surface area contributed by atoms with Gasteiger partial charge in [-0.15, -0.1) is 0 Å². The summed E-state index contributed by atoms with van der Waals surface area (Å²) in [5.74, 6) is 0.864. The molecule has 1 aliphatic rings. The molecule has 25 heavy (non-hydrogen) atoms. The molecule has 3 heteroatoms. The van der Waals surface area contributed by atoms with E-state index in [0.29, 0.717) is 6.54 Å². The molecule has 1 saturated heterocycles. The van der Waals surface area contributed by atoms with Gasteiger partial charge in [0.25, 0.3) is 5.91 Å². The molecule has 0 N–H and O–H groups in total. The van der Waals surface area contributed by atoms with Crippen LogP contribution in [0.4, 0.5) is 0 Å². The molecule has 1 amide bonds. The summed E-state index contributed by atoms with van der Waals surface area (Å²) < 4.78 is 0. The van der Waals surface area contributed by atoms with Crippen LogP contribution in [-0.4, -0.2) is 35.8 Å². The molecule has 0 spiro atoms. The van der Waals surface area contributed by atoms with E-state index in [9.17, 15) is 4.79 Å². The number of likely N-dealkylation sites (tertiary alicyclic amines) is 1. The zero-order valence-corrected chi connectivity index (χ0v) is 15.3. The van der Waals surface area contributed by atoms with Gasteiger partial charge in [0.05, 0.1) is 0 Å². The Kier molecular flexibility index (Phi) is 5.87. The van der Waals surface area contributed by atoms with E-state index in [1.165, 1.54) is 31.5 Å². The number of hydrogen-bond donors (Lipinski definition) is 0. The lowest BCUT2D eigenvalue weighted by Crippen LogP contribution is -2.33. The Morgan fingerprint density at radius 3 is 2.48 bits per heavy atom. The maximum absolute atomic E-state index is 12.6. The minimum absolute atomic E-state index is 0.0713. The Hall–Kier alpha value is -2.13. The molecule has 1 atom stereocenters. The monoisotopic (exact) mass is 336 g/mol. The molecular formula is C22H28N2O. The lowest BCUT2D eigenvalue weighted by Gasteiger charge is -2.30. The van der Waals surface area contributed by atoms with Crippen molar-refractivity contribution in [2.45, 2.75) is 32.9 Å². The summed E-state index contributed by atoms with van der Waals surface area (Å²) >= 11 is 0. The van der Waals surface area contributed by atoms with Gasteiger partial charge in [-0.1, -0.05) is 49.4 Å². The van der Waals surface area contributed by atoms with Crippen LogP contribution in [0.2, 0.25) is 0 Å². The molecule has 1 aliphatic heterocycles. The number of rotatable bonds is 5. The van der Waals surface area contributed by atoms with Gasteiger partial charge in [-0.2, -0.15) is 0 Å². The van der Waals surface area contributed by atoms with Crippen LogP contribution in [0.25, 0.3) is 0 Å². The minimum Gasteiger partial charge on any atom is -0.337 e. The van der Waals surface area contributed by atoms with Gasteiger partial charge in [0, 0.05) is 32.2 Å². The van der Waals surface area contributed by atoms with E-state index in [-0.39, 0.29) is 5.91 Å². The summed E-state index contributed by atoms with van der Waals surface area (Å²) in [5, 5.41) is 0. The number of hydrogen-bond acceptors (Lipinski definition) is 2. The van der Waals surface area contributed by atoms with Crippen molar-refractivity contribution in [1.82, 2.24) is 9.80 Å². The third kappa shape index (κ3) is 4.93. The zero-order valence-electron chi connectivity index (χ0n) is 15.3. The normalized spacial score (nSPS) is 18.1. The van der Waals surface area contributed by atoms with Crippen molar-refractivity contribution in [3.05, 3.63) is 71.3 Å². The quantitative estimate of drug-likeness (QED) is 0.817. The molecule has 0 radical (unpaired) electrons. The molecule has 2 aromatic carbocycles. The van der Waals surface area contributed by atoms with E-state index >= 15 is 0 Å². The van der Waals surface area contributed by atoms with Crippen molar-refractivity contribution in [3.8, 4) is 0 Å². The van der Waals surface area contributed by atoms with E-state index in [1.807, 2.05) is 49.5 Å². The second-order valence-electron chi connectivity index (χ2n) is 7.33. The first-order valence-corrected chi connectivity index (χ1v) is 9.22. The van der Waals surface area contributed by atoms with Gasteiger partial charge in [-0.05, 0) is 48.6 Å². The highest BCUT2D eigenvalue weighted by Gasteiger charge is 2.17. The first kappa shape index (κ1) is 17.7. The molecule has 0 aliphatic carbocycles. The maximum atomic E-state index is 12.6. The summed E-state index contributed by atoms with van der Waals surface area (Å²) in [6.07, 6.45) is 2.64. The van der Waals surface area contributed by atoms with Crippen molar-refractivity contribution < 1.29 is 4.79 Å². The predicted molar refractivity (Wildman–Crippen MR) is 102 cm³/mol. The van der Waals surface area contributed by atoms with Crippen molar-refractivity contribution in [1.29, 1.82) is 0 Å². The van der Waals surface area contributed by atoms with Gasteiger partial charge in [0.1, 0.15) is 0 Å². The molecule has 132 valence electrons. The first-order valence-electron chi connectivity index (χ1n) is 9.22. The van der Waals surface area contributed by atoms with Crippen LogP contribution < -0.4 is 0 Å². The fourth-order valence-electron chi connectivity index (χ4n) is 3.59. The molecule has 0 aromatic heterocycles. The molecule has 3 rings (SSSR count). The molecule has 1 heterocycles. The lowest BCUT2D eigenvalue weighted by molar-refractivity contribution is 0.0785. The molecule has 3 nitrogen and oxygen atoms in total. The van der Waals surface area contributed by atoms with E-state index in [1.54, 1.807) is 4.90 Å². The summed E-state index contributed by atoms with van der Waals surface area (Å²) in [4.78, 5) is 16.9. The Labute approximate surface area is 151 Å². The number of amides is 1. The van der Waals surface area contributed by atoms with Crippen LogP contribution in [0, 0.1) is 5.92 Å². The fourth-order valence-corrected chi connectivity index (χ4v) is 3.59. The molecule has 2 aromatic rings. The van der Waals surface area contributed by atoms with Crippen LogP contribution in [-0.2, 0) is 13.1 Å². The van der Waals surface area contributed by atoms with Crippen molar-refractivity contribution in [2.75, 3.05) is 20.1 Å². The number of nitrogens with zero attached hydrogens (tertiary/aromatic N) is 2. The van der Waals surface area contributed by atoms with E-state index < -0.39 is 0 Å². The standard InChI is InChI=1S/C22H28N2O/c1-18-7-6-14-24(15-18)17-20-10-12-21(13-11-20)22(25)23(2)16-19-8-4-3-5-9-19/h3-5,8-13,18H,6-7,14-17H2,1-2H3. The maximum Gasteiger partial charge on any atom is 0.253 e. The largest absolute Gasteiger partial charge is 0.337 e. The average Bonchev–Trinajstić information content (AvgIpc) is 2.62. The second-order valence-corrected chi connectivity index (χ2v) is 7.33. The summed E-state index contributed by atoms with van der Waals surface area (Å²) in [6, 6.07) is 18.2. The third-order valence-electron chi connectivity index (χ3n) is 4.96. The minimum atomic E-state index is 0.0713. The third-order valence-corrected chi connectivity index (χ3v) is 4.96. The smallest absolute Gasteiger partial charge is 0.253 e. The molecular weight excluding hydrogens is 308 g/mol. The van der Waals surface area contributed by atoms with Crippen molar-refractivity contribution in [3.63, 3.8) is 0 Å². The predicted octanol–water partition coefficient (Wildman–Crippen LogP) is 4.19. The molecule has 0 bridgehead atoms. The van der Waals surface area contributed by atoms with Crippen LogP contribution >= 0.6 is 0 Å². The molecule has 0 saturated carbocycles. The lowest BCUT2D eigenvalue weighted by atomic mass is 9.99. The van der Waals surface area contributed by atoms with Crippen LogP contribution in [0.3, 0.4) is 0 Å². The number of benzene rings is 2. The average molecular weight is 336 g/mol. The SMILES string of the molecule is CC1CCCN(Cc2ccc(C(=O)N(C)Cc3ccccc3)cc2)C1. The first-order chi connectivity index (χ1) is 12.1. The topological polar surface area (TPSA) is 23.6 Å². The molecule has 1 unspecified atom stereocenters. The van der Waals surface area contributed by atoms with Crippen LogP contribution in [0.5, 0.6) is 0 Å². The number of carbonyl (C=O) groups excluding carboxylic acids is 1. The Morgan fingerprint density at radius 2 is 1.80 bits per heavy atom. The Bertz CT molecular complexity index is 681. The summed E-state index contributed by atoms with van der Waals surface area (Å²) in [5.41, 5.74) is 3.19. The Morgan fingerprint density at radius 1 is 1.08 bits per heavy atom. The van der Waals surface area contributed by atoms with Gasteiger partial charge in [-0.25, -0.2) is 0 Å². The highest BCUT2D eigenvalue weighted by atomic mass is 16.2. The van der Waals surface area contributed by atoms with E-state index in [4.69, 9.17) is 0 Å². The van der Waals surface area contributed by atoms with Crippen LogP contribution in [0.1, 0.15) is 41.3 Å². The van der Waals surface area contributed by atoms with Crippen LogP contribution in [0.15, 0.2) is 54.6 Å². The van der Waals surface area contributed by atoms with Gasteiger partial charge in [-0.3, -0.25) is 9.69 Å². The highest BCUT2D eigenvalue weighted by Crippen LogP contribution is 2.18. The van der Waals surface area contributed by atoms with Gasteiger partial charge >= 0.3 is 0 Å². The van der Waals surface area contributed by atoms with Gasteiger partial charge in [0.2, 0.25) is 0 Å². The zero-order chi connectivity index (χ0) is 17.6. The number of piperidine rings is 1. The number of carbonyl (C=O) groups is 1. The van der Waals surface area contributed by atoms with E-state index in [2.05, 4.69) is 24.0 Å². The summed E-state index contributed by atoms with van der Waals surface area (Å²) in [6.45, 7) is 6.31. The summed E-state index contributed by atoms with van der Waals surface area (Å²) in [7, 11) is 1.86. The van der Waals surface area contributed by atoms with E-state index in [0.717, 1.165) is 23.6 Å². The second kappa shape index (κ2) is 8.30.